The van der Waals surface area contributed by atoms with Gasteiger partial charge in [0.2, 0.25) is 0 Å². The highest BCUT2D eigenvalue weighted by molar-refractivity contribution is 6.42. The van der Waals surface area contributed by atoms with Crippen molar-refractivity contribution in [2.75, 3.05) is 13.6 Å². The largest absolute Gasteiger partial charge is 0.480 e. The van der Waals surface area contributed by atoms with Crippen LogP contribution in [0.25, 0.3) is 0 Å². The first-order chi connectivity index (χ1) is 8.32. The van der Waals surface area contributed by atoms with E-state index in [4.69, 9.17) is 33.4 Å². The monoisotopic (exact) mass is 291 g/mol. The molecule has 1 aromatic rings. The van der Waals surface area contributed by atoms with Gasteiger partial charge in [-0.15, -0.1) is 0 Å². The van der Waals surface area contributed by atoms with Crippen molar-refractivity contribution in [3.8, 4) is 0 Å². The molecule has 0 aliphatic carbocycles. The molecule has 0 radical (unpaired) electrons. The van der Waals surface area contributed by atoms with E-state index in [1.54, 1.807) is 0 Å². The third-order valence-electron chi connectivity index (χ3n) is 2.32. The molecular weight excluding hydrogens is 281 g/mol. The minimum absolute atomic E-state index is 0.226. The zero-order valence-corrected chi connectivity index (χ0v) is 10.9. The van der Waals surface area contributed by atoms with E-state index >= 15 is 0 Å². The molecule has 2 N–H and O–H groups in total. The van der Waals surface area contributed by atoms with Crippen LogP contribution in [0.1, 0.15) is 11.6 Å². The lowest BCUT2D eigenvalue weighted by Gasteiger charge is -2.23. The number of likely N-dealkylation sites (N-methyl/N-ethyl adjacent to an activating group) is 1. The molecule has 1 aromatic carbocycles. The van der Waals surface area contributed by atoms with E-state index in [9.17, 15) is 9.59 Å². The normalized spacial score (nSPS) is 12.4. The van der Waals surface area contributed by atoms with E-state index in [-0.39, 0.29) is 5.02 Å². The average molecular weight is 292 g/mol. The second-order valence-electron chi connectivity index (χ2n) is 3.72. The number of nitrogens with zero attached hydrogens (tertiary/aromatic N) is 1. The zero-order chi connectivity index (χ0) is 13.9. The van der Waals surface area contributed by atoms with Crippen molar-refractivity contribution in [1.29, 1.82) is 0 Å². The Labute approximate surface area is 114 Å². The van der Waals surface area contributed by atoms with Crippen LogP contribution in [0.2, 0.25) is 10.0 Å². The lowest BCUT2D eigenvalue weighted by molar-refractivity contribution is -0.145. The molecule has 0 saturated heterocycles. The summed E-state index contributed by atoms with van der Waals surface area (Å²) < 4.78 is 0. The number of halogens is 2. The molecule has 0 heterocycles. The Morgan fingerprint density at radius 1 is 1.28 bits per heavy atom. The van der Waals surface area contributed by atoms with Gasteiger partial charge in [-0.2, -0.15) is 0 Å². The van der Waals surface area contributed by atoms with Crippen LogP contribution in [0.3, 0.4) is 0 Å². The first kappa shape index (κ1) is 14.8. The van der Waals surface area contributed by atoms with Crippen molar-refractivity contribution in [1.82, 2.24) is 4.90 Å². The maximum atomic E-state index is 11.2. The summed E-state index contributed by atoms with van der Waals surface area (Å²) in [6, 6.07) is 3.31. The molecular formula is C11H11Cl2NO4. The number of hydrogen-bond acceptors (Lipinski definition) is 3. The van der Waals surface area contributed by atoms with Crippen molar-refractivity contribution < 1.29 is 19.8 Å². The molecule has 1 atom stereocenters. The SMILES string of the molecule is CN(CC(=O)O)C(C(=O)O)c1ccc(Cl)c(Cl)c1. The van der Waals surface area contributed by atoms with Gasteiger partial charge in [0.1, 0.15) is 6.04 Å². The number of carbonyl (C=O) groups is 2. The van der Waals surface area contributed by atoms with Gasteiger partial charge in [-0.25, -0.2) is 0 Å². The summed E-state index contributed by atoms with van der Waals surface area (Å²) in [5.41, 5.74) is 0.376. The summed E-state index contributed by atoms with van der Waals surface area (Å²) in [6.45, 7) is -0.392. The fraction of sp³-hybridized carbons (Fsp3) is 0.273. The number of benzene rings is 1. The number of aliphatic carboxylic acids is 2. The van der Waals surface area contributed by atoms with Crippen molar-refractivity contribution in [2.24, 2.45) is 0 Å². The number of carboxylic acid groups (broad SMARTS) is 2. The molecule has 0 amide bonds. The highest BCUT2D eigenvalue weighted by Gasteiger charge is 2.26. The lowest BCUT2D eigenvalue weighted by atomic mass is 10.1. The quantitative estimate of drug-likeness (QED) is 0.869. The maximum Gasteiger partial charge on any atom is 0.325 e. The van der Waals surface area contributed by atoms with Crippen LogP contribution in [-0.2, 0) is 9.59 Å². The second-order valence-corrected chi connectivity index (χ2v) is 4.54. The van der Waals surface area contributed by atoms with E-state index in [0.29, 0.717) is 10.6 Å². The molecule has 0 fully saturated rings. The van der Waals surface area contributed by atoms with Crippen LogP contribution in [0.4, 0.5) is 0 Å². The molecule has 18 heavy (non-hydrogen) atoms. The second kappa shape index (κ2) is 6.04. The van der Waals surface area contributed by atoms with Gasteiger partial charge >= 0.3 is 11.9 Å². The Hall–Kier alpha value is -1.30. The number of rotatable bonds is 5. The Bertz CT molecular complexity index is 478. The third-order valence-corrected chi connectivity index (χ3v) is 3.06. The van der Waals surface area contributed by atoms with E-state index in [1.165, 1.54) is 30.1 Å². The first-order valence-electron chi connectivity index (χ1n) is 4.92. The van der Waals surface area contributed by atoms with E-state index in [2.05, 4.69) is 0 Å². The van der Waals surface area contributed by atoms with Crippen molar-refractivity contribution in [3.63, 3.8) is 0 Å². The van der Waals surface area contributed by atoms with Gasteiger partial charge in [0, 0.05) is 0 Å². The molecule has 0 spiro atoms. The van der Waals surface area contributed by atoms with Crippen LogP contribution in [-0.4, -0.2) is 40.6 Å². The Morgan fingerprint density at radius 3 is 2.33 bits per heavy atom. The molecule has 98 valence electrons. The summed E-state index contributed by atoms with van der Waals surface area (Å²) in [7, 11) is 1.41. The maximum absolute atomic E-state index is 11.2. The summed E-state index contributed by atoms with van der Waals surface area (Å²) in [5, 5.41) is 18.4. The van der Waals surface area contributed by atoms with Crippen molar-refractivity contribution >= 4 is 35.1 Å². The molecule has 5 nitrogen and oxygen atoms in total. The Balaban J connectivity index is 3.08. The topological polar surface area (TPSA) is 77.8 Å². The van der Waals surface area contributed by atoms with Crippen LogP contribution in [0.15, 0.2) is 18.2 Å². The highest BCUT2D eigenvalue weighted by Crippen LogP contribution is 2.28. The predicted molar refractivity (Wildman–Crippen MR) is 67.1 cm³/mol. The summed E-state index contributed by atoms with van der Waals surface area (Å²) in [4.78, 5) is 23.0. The third kappa shape index (κ3) is 3.60. The van der Waals surface area contributed by atoms with Gasteiger partial charge in [-0.1, -0.05) is 29.3 Å². The van der Waals surface area contributed by atoms with E-state index in [0.717, 1.165) is 0 Å². The number of hydrogen-bond donors (Lipinski definition) is 2. The van der Waals surface area contributed by atoms with Gasteiger partial charge in [0.05, 0.1) is 16.6 Å². The molecule has 7 heteroatoms. The molecule has 0 aliphatic rings. The Morgan fingerprint density at radius 2 is 1.89 bits per heavy atom. The van der Waals surface area contributed by atoms with E-state index < -0.39 is 24.5 Å². The highest BCUT2D eigenvalue weighted by atomic mass is 35.5. The van der Waals surface area contributed by atoms with Gasteiger partial charge in [-0.3, -0.25) is 14.5 Å². The van der Waals surface area contributed by atoms with E-state index in [1.807, 2.05) is 0 Å². The molecule has 1 rings (SSSR count). The van der Waals surface area contributed by atoms with Crippen molar-refractivity contribution in [2.45, 2.75) is 6.04 Å². The smallest absolute Gasteiger partial charge is 0.325 e. The van der Waals surface area contributed by atoms with Crippen LogP contribution < -0.4 is 0 Å². The van der Waals surface area contributed by atoms with Gasteiger partial charge in [0.15, 0.2) is 0 Å². The average Bonchev–Trinajstić information content (AvgIpc) is 2.21. The lowest BCUT2D eigenvalue weighted by Crippen LogP contribution is -2.34. The molecule has 0 aliphatic heterocycles. The molecule has 0 saturated carbocycles. The fourth-order valence-electron chi connectivity index (χ4n) is 1.57. The summed E-state index contributed by atoms with van der Waals surface area (Å²) in [6.07, 6.45) is 0. The molecule has 0 aromatic heterocycles. The minimum atomic E-state index is -1.16. The van der Waals surface area contributed by atoms with Crippen molar-refractivity contribution in [3.05, 3.63) is 33.8 Å². The van der Waals surface area contributed by atoms with Crippen LogP contribution in [0, 0.1) is 0 Å². The van der Waals surface area contributed by atoms with Gasteiger partial charge in [0.25, 0.3) is 0 Å². The van der Waals surface area contributed by atoms with Crippen LogP contribution in [0.5, 0.6) is 0 Å². The summed E-state index contributed by atoms with van der Waals surface area (Å²) in [5.74, 6) is -2.26. The summed E-state index contributed by atoms with van der Waals surface area (Å²) >= 11 is 11.6. The fourth-order valence-corrected chi connectivity index (χ4v) is 1.88. The van der Waals surface area contributed by atoms with Crippen LogP contribution >= 0.6 is 23.2 Å². The predicted octanol–water partition coefficient (Wildman–Crippen LogP) is 2.14. The Kier molecular flexibility index (Phi) is 4.95. The standard InChI is InChI=1S/C11H11Cl2NO4/c1-14(5-9(15)16)10(11(17)18)6-2-3-7(12)8(13)4-6/h2-4,10H,5H2,1H3,(H,15,16)(H,17,18). The molecule has 0 bridgehead atoms. The minimum Gasteiger partial charge on any atom is -0.480 e. The van der Waals surface area contributed by atoms with Gasteiger partial charge in [-0.05, 0) is 24.7 Å². The number of carboxylic acids is 2. The zero-order valence-electron chi connectivity index (χ0n) is 9.43. The molecule has 1 unspecified atom stereocenters. The van der Waals surface area contributed by atoms with Gasteiger partial charge < -0.3 is 10.2 Å². The first-order valence-corrected chi connectivity index (χ1v) is 5.68.